The number of rotatable bonds is 6. The van der Waals surface area contributed by atoms with Gasteiger partial charge in [-0.05, 0) is 13.0 Å². The van der Waals surface area contributed by atoms with Crippen molar-refractivity contribution in [1.82, 2.24) is 19.2 Å². The molecule has 0 amide bonds. The van der Waals surface area contributed by atoms with Crippen LogP contribution in [0.4, 0.5) is 0 Å². The zero-order valence-corrected chi connectivity index (χ0v) is 10.9. The molecule has 6 nitrogen and oxygen atoms in total. The van der Waals surface area contributed by atoms with Crippen LogP contribution in [0.15, 0.2) is 0 Å². The topological polar surface area (TPSA) is 64.7 Å². The van der Waals surface area contributed by atoms with E-state index in [2.05, 4.69) is 14.9 Å². The first kappa shape index (κ1) is 13.9. The molecule has 1 aliphatic rings. The molecular formula is C9H22N4O2S. The van der Waals surface area contributed by atoms with Crippen LogP contribution in [0.1, 0.15) is 6.42 Å². The van der Waals surface area contributed by atoms with Crippen LogP contribution < -0.4 is 10.0 Å². The van der Waals surface area contributed by atoms with Gasteiger partial charge in [0.1, 0.15) is 0 Å². The quantitative estimate of drug-likeness (QED) is 0.574. The lowest BCUT2D eigenvalue weighted by Gasteiger charge is -2.27. The van der Waals surface area contributed by atoms with Crippen LogP contribution in [0.2, 0.25) is 0 Å². The Bertz CT molecular complexity index is 286. The maximum Gasteiger partial charge on any atom is 0.278 e. The molecule has 0 unspecified atom stereocenters. The minimum absolute atomic E-state index is 0.504. The minimum Gasteiger partial charge on any atom is -0.314 e. The Balaban J connectivity index is 2.11. The highest BCUT2D eigenvalue weighted by molar-refractivity contribution is 7.87. The van der Waals surface area contributed by atoms with Crippen molar-refractivity contribution in [2.45, 2.75) is 6.42 Å². The molecule has 16 heavy (non-hydrogen) atoms. The van der Waals surface area contributed by atoms with Crippen LogP contribution in [0.25, 0.3) is 0 Å². The van der Waals surface area contributed by atoms with Crippen LogP contribution in [-0.2, 0) is 10.2 Å². The first-order valence-electron chi connectivity index (χ1n) is 5.62. The Hall–Kier alpha value is -0.210. The standard InChI is InChI=1S/C9H22N4O2S/c1-12(2)16(14,15)11-4-3-7-13-8-5-10-6-9-13/h10-11H,3-9H2,1-2H3. The van der Waals surface area contributed by atoms with Gasteiger partial charge < -0.3 is 10.2 Å². The van der Waals surface area contributed by atoms with E-state index < -0.39 is 10.2 Å². The summed E-state index contributed by atoms with van der Waals surface area (Å²) in [7, 11) is -0.196. The Labute approximate surface area is 98.2 Å². The summed E-state index contributed by atoms with van der Waals surface area (Å²) in [5.74, 6) is 0. The average molecular weight is 250 g/mol. The van der Waals surface area contributed by atoms with Gasteiger partial charge in [0.2, 0.25) is 0 Å². The van der Waals surface area contributed by atoms with Crippen molar-refractivity contribution < 1.29 is 8.42 Å². The van der Waals surface area contributed by atoms with Crippen LogP contribution in [0.3, 0.4) is 0 Å². The van der Waals surface area contributed by atoms with Gasteiger partial charge in [-0.3, -0.25) is 0 Å². The third kappa shape index (κ3) is 4.75. The van der Waals surface area contributed by atoms with Crippen molar-refractivity contribution in [3.63, 3.8) is 0 Å². The molecule has 0 radical (unpaired) electrons. The Morgan fingerprint density at radius 3 is 2.50 bits per heavy atom. The van der Waals surface area contributed by atoms with E-state index >= 15 is 0 Å². The van der Waals surface area contributed by atoms with E-state index in [4.69, 9.17) is 0 Å². The molecule has 0 spiro atoms. The first-order valence-corrected chi connectivity index (χ1v) is 7.06. The second-order valence-electron chi connectivity index (χ2n) is 4.13. The summed E-state index contributed by atoms with van der Waals surface area (Å²) in [6.07, 6.45) is 0.854. The number of nitrogens with zero attached hydrogens (tertiary/aromatic N) is 2. The van der Waals surface area contributed by atoms with E-state index in [-0.39, 0.29) is 0 Å². The van der Waals surface area contributed by atoms with Crippen LogP contribution in [0.5, 0.6) is 0 Å². The van der Waals surface area contributed by atoms with E-state index in [1.807, 2.05) is 0 Å². The summed E-state index contributed by atoms with van der Waals surface area (Å²) in [6.45, 7) is 5.63. The highest BCUT2D eigenvalue weighted by Crippen LogP contribution is 1.94. The van der Waals surface area contributed by atoms with Gasteiger partial charge in [0.15, 0.2) is 0 Å². The largest absolute Gasteiger partial charge is 0.314 e. The molecule has 2 N–H and O–H groups in total. The smallest absolute Gasteiger partial charge is 0.278 e. The molecule has 1 saturated heterocycles. The van der Waals surface area contributed by atoms with Gasteiger partial charge in [0, 0.05) is 46.8 Å². The zero-order valence-electron chi connectivity index (χ0n) is 10.1. The van der Waals surface area contributed by atoms with Crippen molar-refractivity contribution >= 4 is 10.2 Å². The van der Waals surface area contributed by atoms with Gasteiger partial charge in [-0.15, -0.1) is 0 Å². The van der Waals surface area contributed by atoms with Gasteiger partial charge in [0.05, 0.1) is 0 Å². The molecule has 0 saturated carbocycles. The molecule has 0 aromatic carbocycles. The fraction of sp³-hybridized carbons (Fsp3) is 1.00. The van der Waals surface area contributed by atoms with Gasteiger partial charge in [-0.1, -0.05) is 0 Å². The molecule has 1 fully saturated rings. The lowest BCUT2D eigenvalue weighted by atomic mass is 10.3. The van der Waals surface area contributed by atoms with Crippen molar-refractivity contribution in [1.29, 1.82) is 0 Å². The zero-order chi connectivity index (χ0) is 12.0. The molecule has 1 aliphatic heterocycles. The SMILES string of the molecule is CN(C)S(=O)(=O)NCCCN1CCNCC1. The Kier molecular flexibility index (Phi) is 5.63. The molecule has 96 valence electrons. The van der Waals surface area contributed by atoms with Crippen LogP contribution in [-0.4, -0.2) is 71.0 Å². The van der Waals surface area contributed by atoms with Gasteiger partial charge in [-0.2, -0.15) is 12.7 Å². The molecule has 0 aromatic heterocycles. The summed E-state index contributed by atoms with van der Waals surface area (Å²) in [4.78, 5) is 2.35. The Morgan fingerprint density at radius 2 is 1.94 bits per heavy atom. The lowest BCUT2D eigenvalue weighted by molar-refractivity contribution is 0.239. The number of hydrogen-bond acceptors (Lipinski definition) is 4. The molecule has 1 rings (SSSR count). The number of nitrogens with one attached hydrogen (secondary N) is 2. The van der Waals surface area contributed by atoms with E-state index in [1.54, 1.807) is 0 Å². The number of piperazine rings is 1. The minimum atomic E-state index is -3.25. The Morgan fingerprint density at radius 1 is 1.31 bits per heavy atom. The summed E-state index contributed by atoms with van der Waals surface area (Å²) < 4.78 is 26.5. The predicted molar refractivity (Wildman–Crippen MR) is 64.5 cm³/mol. The average Bonchev–Trinajstić information content (AvgIpc) is 2.26. The first-order chi connectivity index (χ1) is 7.52. The second kappa shape index (κ2) is 6.51. The molecule has 0 aromatic rings. The van der Waals surface area contributed by atoms with Gasteiger partial charge in [0.25, 0.3) is 10.2 Å². The van der Waals surface area contributed by atoms with Crippen LogP contribution >= 0.6 is 0 Å². The fourth-order valence-electron chi connectivity index (χ4n) is 1.57. The van der Waals surface area contributed by atoms with E-state index in [0.717, 1.165) is 39.1 Å². The molecule has 0 atom stereocenters. The third-order valence-corrected chi connectivity index (χ3v) is 4.16. The van der Waals surface area contributed by atoms with Gasteiger partial charge in [-0.25, -0.2) is 4.72 Å². The summed E-state index contributed by atoms with van der Waals surface area (Å²) >= 11 is 0. The highest BCUT2D eigenvalue weighted by Gasteiger charge is 2.12. The third-order valence-electron chi connectivity index (χ3n) is 2.63. The summed E-state index contributed by atoms with van der Waals surface area (Å²) in [6, 6.07) is 0. The molecule has 0 aliphatic carbocycles. The number of hydrogen-bond donors (Lipinski definition) is 2. The van der Waals surface area contributed by atoms with E-state index in [1.165, 1.54) is 18.4 Å². The maximum atomic E-state index is 11.4. The fourth-order valence-corrected chi connectivity index (χ4v) is 2.23. The predicted octanol–water partition coefficient (Wildman–Crippen LogP) is -1.32. The van der Waals surface area contributed by atoms with E-state index in [9.17, 15) is 8.42 Å². The molecular weight excluding hydrogens is 228 g/mol. The maximum absolute atomic E-state index is 11.4. The van der Waals surface area contributed by atoms with Crippen LogP contribution in [0, 0.1) is 0 Å². The summed E-state index contributed by atoms with van der Waals surface area (Å²) in [5, 5.41) is 3.28. The lowest BCUT2D eigenvalue weighted by Crippen LogP contribution is -2.44. The molecule has 1 heterocycles. The monoisotopic (exact) mass is 250 g/mol. The summed E-state index contributed by atoms with van der Waals surface area (Å²) in [5.41, 5.74) is 0. The normalized spacial score (nSPS) is 19.2. The second-order valence-corrected chi connectivity index (χ2v) is 6.10. The van der Waals surface area contributed by atoms with Crippen molar-refractivity contribution in [3.05, 3.63) is 0 Å². The van der Waals surface area contributed by atoms with E-state index in [0.29, 0.717) is 6.54 Å². The van der Waals surface area contributed by atoms with Crippen molar-refractivity contribution in [3.8, 4) is 0 Å². The van der Waals surface area contributed by atoms with Gasteiger partial charge >= 0.3 is 0 Å². The van der Waals surface area contributed by atoms with Crippen molar-refractivity contribution in [2.75, 3.05) is 53.4 Å². The molecule has 0 bridgehead atoms. The van der Waals surface area contributed by atoms with Crippen molar-refractivity contribution in [2.24, 2.45) is 0 Å². The molecule has 7 heteroatoms. The highest BCUT2D eigenvalue weighted by atomic mass is 32.2.